The van der Waals surface area contributed by atoms with Gasteiger partial charge >= 0.3 is 0 Å². The number of carbonyl (C=O) groups is 2. The third-order valence-electron chi connectivity index (χ3n) is 10.6. The smallest absolute Gasteiger partial charge is 0.258 e. The fourth-order valence-corrected chi connectivity index (χ4v) is 8.12. The Kier molecular flexibility index (Phi) is 12.9. The van der Waals surface area contributed by atoms with Gasteiger partial charge in [-0.3, -0.25) is 24.2 Å². The van der Waals surface area contributed by atoms with Crippen molar-refractivity contribution in [2.45, 2.75) is 44.3 Å². The largest absolute Gasteiger partial charge is 0.505 e. The number of amides is 2. The van der Waals surface area contributed by atoms with E-state index in [0.717, 1.165) is 36.2 Å². The summed E-state index contributed by atoms with van der Waals surface area (Å²) in [7, 11) is 0. The number of ether oxygens (including phenoxy) is 1. The molecule has 5 aromatic carbocycles. The minimum atomic E-state index is -0.705. The second-order valence-electron chi connectivity index (χ2n) is 14.8. The number of nitrogens with one attached hydrogen (secondary N) is 2. The van der Waals surface area contributed by atoms with Crippen molar-refractivity contribution in [2.75, 3.05) is 6.61 Å². The van der Waals surface area contributed by atoms with Gasteiger partial charge in [0.1, 0.15) is 34.3 Å². The number of aromatic nitrogens is 4. The van der Waals surface area contributed by atoms with Crippen LogP contribution in [0.1, 0.15) is 58.6 Å². The molecule has 0 aliphatic carbocycles. The van der Waals surface area contributed by atoms with Crippen LogP contribution in [-0.4, -0.2) is 48.4 Å². The summed E-state index contributed by atoms with van der Waals surface area (Å²) in [6.07, 6.45) is 6.15. The fourth-order valence-electron chi connectivity index (χ4n) is 7.58. The number of hydrogen-bond acceptors (Lipinski definition) is 8. The summed E-state index contributed by atoms with van der Waals surface area (Å²) in [5.74, 6) is 0.133. The summed E-state index contributed by atoms with van der Waals surface area (Å²) in [4.78, 5) is 34.2. The van der Waals surface area contributed by atoms with Crippen molar-refractivity contribution in [1.82, 2.24) is 30.4 Å². The first-order valence-corrected chi connectivity index (χ1v) is 20.9. The lowest BCUT2D eigenvalue weighted by molar-refractivity contribution is -0.123. The molecule has 312 valence electrons. The van der Waals surface area contributed by atoms with Crippen molar-refractivity contribution >= 4 is 56.8 Å². The van der Waals surface area contributed by atoms with Crippen molar-refractivity contribution in [2.24, 2.45) is 0 Å². The average molecular weight is 866 g/mol. The van der Waals surface area contributed by atoms with Crippen molar-refractivity contribution in [3.8, 4) is 17.2 Å². The van der Waals surface area contributed by atoms with Gasteiger partial charge in [-0.05, 0) is 85.0 Å². The quantitative estimate of drug-likeness (QED) is 0.0949. The highest BCUT2D eigenvalue weighted by atomic mass is 35.5. The minimum absolute atomic E-state index is 0.0206. The maximum absolute atomic E-state index is 12.8. The Morgan fingerprint density at radius 2 is 1.26 bits per heavy atom. The first kappa shape index (κ1) is 41.8. The van der Waals surface area contributed by atoms with Crippen LogP contribution < -0.4 is 15.4 Å². The van der Waals surface area contributed by atoms with E-state index in [1.165, 1.54) is 0 Å². The van der Waals surface area contributed by atoms with E-state index >= 15 is 0 Å². The van der Waals surface area contributed by atoms with Crippen molar-refractivity contribution in [3.05, 3.63) is 190 Å². The van der Waals surface area contributed by atoms with E-state index in [1.54, 1.807) is 54.9 Å². The van der Waals surface area contributed by atoms with Gasteiger partial charge in [0.2, 0.25) is 5.91 Å². The second-order valence-corrected chi connectivity index (χ2v) is 15.6. The number of carbonyl (C=O) groups excluding carboxylic acids is 2. The topological polar surface area (TPSA) is 151 Å². The number of phenols is 2. The van der Waals surface area contributed by atoms with E-state index < -0.39 is 12.1 Å². The van der Waals surface area contributed by atoms with Crippen LogP contribution in [0.5, 0.6) is 17.2 Å². The maximum Gasteiger partial charge on any atom is 0.258 e. The van der Waals surface area contributed by atoms with Gasteiger partial charge in [-0.15, -0.1) is 0 Å². The summed E-state index contributed by atoms with van der Waals surface area (Å²) in [5.41, 5.74) is 5.44. The number of hydrogen-bond donors (Lipinski definition) is 4. The summed E-state index contributed by atoms with van der Waals surface area (Å²) in [5, 5.41) is 34.9. The number of benzene rings is 5. The molecule has 2 atom stereocenters. The highest BCUT2D eigenvalue weighted by molar-refractivity contribution is 6.36. The van der Waals surface area contributed by atoms with E-state index in [-0.39, 0.29) is 29.9 Å². The molecule has 9 rings (SSSR count). The summed E-state index contributed by atoms with van der Waals surface area (Å²) in [6, 6.07) is 39.7. The molecule has 0 bridgehead atoms. The van der Waals surface area contributed by atoms with Crippen molar-refractivity contribution in [1.29, 1.82) is 0 Å². The summed E-state index contributed by atoms with van der Waals surface area (Å²) in [6.45, 7) is 0.660. The number of aromatic hydroxyl groups is 2. The van der Waals surface area contributed by atoms with Crippen LogP contribution in [0.4, 0.5) is 0 Å². The highest BCUT2D eigenvalue weighted by Gasteiger charge is 2.28. The first-order chi connectivity index (χ1) is 30.2. The van der Waals surface area contributed by atoms with Gasteiger partial charge in [0.25, 0.3) is 5.91 Å². The molecule has 1 aliphatic heterocycles. The zero-order valence-corrected chi connectivity index (χ0v) is 34.9. The van der Waals surface area contributed by atoms with Crippen molar-refractivity contribution in [3.63, 3.8) is 0 Å². The molecule has 11 nitrogen and oxygen atoms in total. The maximum atomic E-state index is 12.8. The predicted octanol–water partition coefficient (Wildman–Crippen LogP) is 9.45. The zero-order valence-electron chi connectivity index (χ0n) is 33.4. The zero-order chi connectivity index (χ0) is 43.0. The van der Waals surface area contributed by atoms with E-state index in [2.05, 4.69) is 25.7 Å². The Hall–Kier alpha value is -6.95. The van der Waals surface area contributed by atoms with Crippen LogP contribution >= 0.6 is 23.2 Å². The Balaban J connectivity index is 0.000000171. The number of aryl methyl sites for hydroxylation is 3. The van der Waals surface area contributed by atoms with Gasteiger partial charge < -0.3 is 25.6 Å². The molecule has 62 heavy (non-hydrogen) atoms. The van der Waals surface area contributed by atoms with Crippen LogP contribution in [0, 0.1) is 0 Å². The third kappa shape index (κ3) is 9.49. The summed E-state index contributed by atoms with van der Waals surface area (Å²) >= 11 is 13.0. The number of halogens is 2. The Labute approximate surface area is 368 Å². The molecule has 13 heteroatoms. The van der Waals surface area contributed by atoms with E-state index in [0.29, 0.717) is 67.3 Å². The molecule has 0 saturated carbocycles. The molecule has 2 unspecified atom stereocenters. The normalized spacial score (nSPS) is 12.8. The number of fused-ring (bicyclic) bond motifs is 3. The molecule has 0 spiro atoms. The SMILES string of the molecule is O=C(CCc1ccccc1)NC(c1ccccc1)c1cc(Cl)c2cccnc2c1O.O=C(COc1ccccc1)NC(c1cc2n(n1)CCC2)c1cc(Cl)c2cccnc2c1O. The predicted molar refractivity (Wildman–Crippen MR) is 240 cm³/mol. The lowest BCUT2D eigenvalue weighted by atomic mass is 9.96. The fraction of sp³-hybridized carbons (Fsp3) is 0.163. The molecule has 0 radical (unpaired) electrons. The molecule has 3 aromatic heterocycles. The molecule has 1 aliphatic rings. The van der Waals surface area contributed by atoms with Gasteiger partial charge in [0.15, 0.2) is 6.61 Å². The first-order valence-electron chi connectivity index (χ1n) is 20.2. The number of pyridine rings is 2. The molecule has 8 aromatic rings. The molecule has 0 saturated heterocycles. The van der Waals surface area contributed by atoms with Crippen LogP contribution in [0.25, 0.3) is 21.8 Å². The van der Waals surface area contributed by atoms with Gasteiger partial charge in [-0.2, -0.15) is 5.10 Å². The van der Waals surface area contributed by atoms with E-state index in [1.807, 2.05) is 95.7 Å². The van der Waals surface area contributed by atoms with E-state index in [9.17, 15) is 19.8 Å². The number of phenolic OH excluding ortho intramolecular Hbond substituents is 2. The van der Waals surface area contributed by atoms with Gasteiger partial charge in [0, 0.05) is 53.0 Å². The van der Waals surface area contributed by atoms with Gasteiger partial charge in [0.05, 0.1) is 21.8 Å². The number of rotatable bonds is 12. The molecule has 0 fully saturated rings. The third-order valence-corrected chi connectivity index (χ3v) is 11.3. The Morgan fingerprint density at radius 3 is 1.87 bits per heavy atom. The Bertz CT molecular complexity index is 2820. The highest BCUT2D eigenvalue weighted by Crippen LogP contribution is 2.40. The van der Waals surface area contributed by atoms with Crippen LogP contribution in [-0.2, 0) is 29.0 Å². The molecule has 4 heterocycles. The van der Waals surface area contributed by atoms with Crippen LogP contribution in [0.2, 0.25) is 10.0 Å². The van der Waals surface area contributed by atoms with Crippen molar-refractivity contribution < 1.29 is 24.5 Å². The average Bonchev–Trinajstić information content (AvgIpc) is 3.93. The second kappa shape index (κ2) is 19.2. The molecule has 4 N–H and O–H groups in total. The lowest BCUT2D eigenvalue weighted by Crippen LogP contribution is -2.33. The van der Waals surface area contributed by atoms with Crippen LogP contribution in [0.15, 0.2) is 146 Å². The Morgan fingerprint density at radius 1 is 0.694 bits per heavy atom. The molecular weight excluding hydrogens is 823 g/mol. The standard InChI is InChI=1S/C25H21ClN2O2.C24H21ClN4O3/c26-21-16-20(25(30)24-19(21)12-7-15-27-24)23(18-10-5-2-6-11-18)28-22(29)14-13-17-8-3-1-4-9-17;25-19-13-18(24(31)23-17(19)9-4-10-26-23)22(20-12-15-6-5-11-29(15)28-20)27-21(30)14-32-16-7-2-1-3-8-16/h1-12,15-16,23,30H,13-14H2,(H,28,29);1-4,7-10,12-13,22,31H,5-6,11,14H2,(H,27,30). The number of nitrogens with zero attached hydrogens (tertiary/aromatic N) is 4. The molecule has 2 amide bonds. The van der Waals surface area contributed by atoms with Gasteiger partial charge in [-0.1, -0.05) is 102 Å². The minimum Gasteiger partial charge on any atom is -0.505 e. The van der Waals surface area contributed by atoms with Crippen LogP contribution in [0.3, 0.4) is 0 Å². The van der Waals surface area contributed by atoms with Gasteiger partial charge in [-0.25, -0.2) is 0 Å². The summed E-state index contributed by atoms with van der Waals surface area (Å²) < 4.78 is 7.52. The number of para-hydroxylation sites is 1. The molecular formula is C49H42Cl2N6O5. The lowest BCUT2D eigenvalue weighted by Gasteiger charge is -2.22. The van der Waals surface area contributed by atoms with E-state index in [4.69, 9.17) is 27.9 Å². The monoisotopic (exact) mass is 864 g/mol.